The van der Waals surface area contributed by atoms with Crippen LogP contribution in [0.2, 0.25) is 0 Å². The number of benzene rings is 2. The average molecular weight is 307 g/mol. The molecule has 0 aliphatic heterocycles. The fourth-order valence-corrected chi connectivity index (χ4v) is 2.73. The van der Waals surface area contributed by atoms with Crippen molar-refractivity contribution < 1.29 is 4.79 Å². The van der Waals surface area contributed by atoms with Gasteiger partial charge in [-0.1, -0.05) is 12.1 Å². The van der Waals surface area contributed by atoms with Crippen LogP contribution < -0.4 is 0 Å². The zero-order valence-corrected chi connectivity index (χ0v) is 13.6. The lowest BCUT2D eigenvalue weighted by atomic mass is 10.1. The monoisotopic (exact) mass is 307 g/mol. The molecule has 4 nitrogen and oxygen atoms in total. The molecule has 3 aromatic rings. The minimum absolute atomic E-state index is 0.666. The van der Waals surface area contributed by atoms with Gasteiger partial charge in [-0.05, 0) is 69.4 Å². The van der Waals surface area contributed by atoms with Gasteiger partial charge in [-0.2, -0.15) is 0 Å². The van der Waals surface area contributed by atoms with E-state index < -0.39 is 0 Å². The smallest absolute Gasteiger partial charge is 0.150 e. The quantitative estimate of drug-likeness (QED) is 0.656. The number of hydrogen-bond donors (Lipinski definition) is 0. The molecule has 0 radical (unpaired) electrons. The van der Waals surface area contributed by atoms with Crippen LogP contribution in [0.3, 0.4) is 0 Å². The first kappa shape index (κ1) is 15.4. The van der Waals surface area contributed by atoms with Gasteiger partial charge in [0.05, 0.1) is 11.0 Å². The molecule has 0 amide bonds. The largest absolute Gasteiger partial charge is 0.309 e. The summed E-state index contributed by atoms with van der Waals surface area (Å²) in [7, 11) is 4.20. The van der Waals surface area contributed by atoms with Gasteiger partial charge in [0.15, 0.2) is 0 Å². The highest BCUT2D eigenvalue weighted by Crippen LogP contribution is 2.20. The number of aryl methyl sites for hydroxylation is 1. The Morgan fingerprint density at radius 3 is 2.61 bits per heavy atom. The van der Waals surface area contributed by atoms with Crippen LogP contribution in [-0.2, 0) is 6.42 Å². The lowest BCUT2D eigenvalue weighted by Crippen LogP contribution is -2.13. The van der Waals surface area contributed by atoms with Crippen LogP contribution in [0.1, 0.15) is 22.3 Å². The highest BCUT2D eigenvalue weighted by Gasteiger charge is 2.06. The Labute approximate surface area is 136 Å². The van der Waals surface area contributed by atoms with Gasteiger partial charge in [0.2, 0.25) is 0 Å². The van der Waals surface area contributed by atoms with Crippen LogP contribution in [0.5, 0.6) is 0 Å². The van der Waals surface area contributed by atoms with E-state index in [-0.39, 0.29) is 0 Å². The first-order chi connectivity index (χ1) is 11.2. The number of hydrogen-bond acceptors (Lipinski definition) is 3. The lowest BCUT2D eigenvalue weighted by Gasteiger charge is -2.10. The van der Waals surface area contributed by atoms with Crippen LogP contribution in [0, 0.1) is 0 Å². The number of nitrogens with zero attached hydrogens (tertiary/aromatic N) is 3. The van der Waals surface area contributed by atoms with Gasteiger partial charge in [0.1, 0.15) is 12.6 Å². The molecule has 2 aromatic carbocycles. The van der Waals surface area contributed by atoms with E-state index in [1.165, 1.54) is 5.56 Å². The summed E-state index contributed by atoms with van der Waals surface area (Å²) in [6.07, 6.45) is 4.91. The summed E-state index contributed by atoms with van der Waals surface area (Å²) in [5.74, 6) is 0. The fourth-order valence-electron chi connectivity index (χ4n) is 2.73. The van der Waals surface area contributed by atoms with E-state index in [4.69, 9.17) is 0 Å². The molecular formula is C19H21N3O. The number of fused-ring (bicyclic) bond motifs is 1. The molecule has 0 unspecified atom stereocenters. The highest BCUT2D eigenvalue weighted by molar-refractivity contribution is 5.85. The summed E-state index contributed by atoms with van der Waals surface area (Å²) in [6.45, 7) is 1.10. The van der Waals surface area contributed by atoms with E-state index >= 15 is 0 Å². The average Bonchev–Trinajstić information content (AvgIpc) is 2.98. The van der Waals surface area contributed by atoms with Crippen molar-refractivity contribution in [2.75, 3.05) is 20.6 Å². The predicted molar refractivity (Wildman–Crippen MR) is 93.3 cm³/mol. The van der Waals surface area contributed by atoms with Crippen molar-refractivity contribution in [1.29, 1.82) is 0 Å². The second kappa shape index (κ2) is 6.75. The minimum atomic E-state index is 0.666. The Morgan fingerprint density at radius 1 is 1.13 bits per heavy atom. The molecule has 0 aliphatic carbocycles. The standard InChI is InChI=1S/C19H21N3O/c1-21(2)11-3-4-15-5-8-17(9-6-15)22-14-20-18-10-7-16(13-23)12-19(18)22/h5-10,12-14H,3-4,11H2,1-2H3. The van der Waals surface area contributed by atoms with E-state index in [1.54, 1.807) is 12.4 Å². The maximum Gasteiger partial charge on any atom is 0.150 e. The fraction of sp³-hybridized carbons (Fsp3) is 0.263. The van der Waals surface area contributed by atoms with Crippen LogP contribution >= 0.6 is 0 Å². The third-order valence-corrected chi connectivity index (χ3v) is 3.99. The highest BCUT2D eigenvalue weighted by atomic mass is 16.1. The molecule has 4 heteroatoms. The van der Waals surface area contributed by atoms with Gasteiger partial charge < -0.3 is 4.90 Å². The Bertz CT molecular complexity index is 803. The molecule has 0 atom stereocenters. The molecular weight excluding hydrogens is 286 g/mol. The van der Waals surface area contributed by atoms with Crippen molar-refractivity contribution in [3.8, 4) is 5.69 Å². The number of carbonyl (C=O) groups excluding carboxylic acids is 1. The van der Waals surface area contributed by atoms with E-state index in [9.17, 15) is 4.79 Å². The third-order valence-electron chi connectivity index (χ3n) is 3.99. The van der Waals surface area contributed by atoms with Crippen LogP contribution in [0.15, 0.2) is 48.8 Å². The second-order valence-corrected chi connectivity index (χ2v) is 6.05. The third kappa shape index (κ3) is 3.48. The van der Waals surface area contributed by atoms with E-state index in [1.807, 2.05) is 16.7 Å². The maximum absolute atomic E-state index is 11.0. The summed E-state index contributed by atoms with van der Waals surface area (Å²) in [5.41, 5.74) is 4.92. The molecule has 23 heavy (non-hydrogen) atoms. The Balaban J connectivity index is 1.83. The van der Waals surface area contributed by atoms with Crippen molar-refractivity contribution >= 4 is 17.3 Å². The van der Waals surface area contributed by atoms with E-state index in [0.717, 1.165) is 42.4 Å². The van der Waals surface area contributed by atoms with Gasteiger partial charge in [-0.15, -0.1) is 0 Å². The van der Waals surface area contributed by atoms with Gasteiger partial charge in [-0.3, -0.25) is 9.36 Å². The Kier molecular flexibility index (Phi) is 4.53. The second-order valence-electron chi connectivity index (χ2n) is 6.05. The number of aromatic nitrogens is 2. The summed E-state index contributed by atoms with van der Waals surface area (Å²) in [5, 5.41) is 0. The molecule has 0 saturated carbocycles. The summed E-state index contributed by atoms with van der Waals surface area (Å²) in [4.78, 5) is 17.6. The number of carbonyl (C=O) groups is 1. The van der Waals surface area contributed by atoms with Crippen LogP contribution in [-0.4, -0.2) is 41.4 Å². The first-order valence-corrected chi connectivity index (χ1v) is 7.84. The summed E-state index contributed by atoms with van der Waals surface area (Å²) < 4.78 is 2.02. The Morgan fingerprint density at radius 2 is 1.91 bits per heavy atom. The molecule has 1 aromatic heterocycles. The summed E-state index contributed by atoms with van der Waals surface area (Å²) in [6, 6.07) is 14.1. The predicted octanol–water partition coefficient (Wildman–Crippen LogP) is 3.33. The molecule has 0 fully saturated rings. The zero-order valence-electron chi connectivity index (χ0n) is 13.6. The van der Waals surface area contributed by atoms with Crippen molar-refractivity contribution in [3.63, 3.8) is 0 Å². The molecule has 1 heterocycles. The van der Waals surface area contributed by atoms with Crippen molar-refractivity contribution in [2.45, 2.75) is 12.8 Å². The lowest BCUT2D eigenvalue weighted by molar-refractivity contribution is 0.112. The minimum Gasteiger partial charge on any atom is -0.309 e. The van der Waals surface area contributed by atoms with Gasteiger partial charge in [0, 0.05) is 11.3 Å². The molecule has 3 rings (SSSR count). The zero-order chi connectivity index (χ0) is 16.2. The van der Waals surface area contributed by atoms with Crippen LogP contribution in [0.4, 0.5) is 0 Å². The number of aldehydes is 1. The van der Waals surface area contributed by atoms with Gasteiger partial charge in [-0.25, -0.2) is 4.98 Å². The normalized spacial score (nSPS) is 11.3. The van der Waals surface area contributed by atoms with E-state index in [2.05, 4.69) is 48.2 Å². The first-order valence-electron chi connectivity index (χ1n) is 7.84. The van der Waals surface area contributed by atoms with Crippen molar-refractivity contribution in [1.82, 2.24) is 14.5 Å². The molecule has 0 N–H and O–H groups in total. The molecule has 0 bridgehead atoms. The van der Waals surface area contributed by atoms with Crippen molar-refractivity contribution in [3.05, 3.63) is 59.9 Å². The molecule has 0 saturated heterocycles. The Hall–Kier alpha value is -2.46. The molecule has 118 valence electrons. The molecule has 0 aliphatic rings. The van der Waals surface area contributed by atoms with Gasteiger partial charge >= 0.3 is 0 Å². The number of imidazole rings is 1. The maximum atomic E-state index is 11.0. The van der Waals surface area contributed by atoms with Gasteiger partial charge in [0.25, 0.3) is 0 Å². The summed E-state index contributed by atoms with van der Waals surface area (Å²) >= 11 is 0. The SMILES string of the molecule is CN(C)CCCc1ccc(-n2cnc3ccc(C=O)cc32)cc1. The van der Waals surface area contributed by atoms with E-state index in [0.29, 0.717) is 5.56 Å². The molecule has 0 spiro atoms. The van der Waals surface area contributed by atoms with Crippen LogP contribution in [0.25, 0.3) is 16.7 Å². The van der Waals surface area contributed by atoms with Crippen molar-refractivity contribution in [2.24, 2.45) is 0 Å². The topological polar surface area (TPSA) is 38.1 Å². The number of rotatable bonds is 6.